The third-order valence-corrected chi connectivity index (χ3v) is 3.84. The number of hydrogen-bond donors (Lipinski definition) is 2. The maximum atomic E-state index is 12.6. The van der Waals surface area contributed by atoms with Crippen molar-refractivity contribution >= 4 is 28.4 Å². The zero-order valence-corrected chi connectivity index (χ0v) is 13.5. The Kier molecular flexibility index (Phi) is 4.62. The van der Waals surface area contributed by atoms with Gasteiger partial charge in [0.15, 0.2) is 5.43 Å². The van der Waals surface area contributed by atoms with Gasteiger partial charge in [-0.3, -0.25) is 14.6 Å². The van der Waals surface area contributed by atoms with Gasteiger partial charge in [0.25, 0.3) is 5.78 Å². The number of aromatic nitrogens is 2. The first-order valence-corrected chi connectivity index (χ1v) is 7.66. The molecule has 0 aliphatic heterocycles. The van der Waals surface area contributed by atoms with Gasteiger partial charge in [-0.1, -0.05) is 12.1 Å². The van der Waals surface area contributed by atoms with Gasteiger partial charge in [-0.05, 0) is 29.8 Å². The summed E-state index contributed by atoms with van der Waals surface area (Å²) in [6, 6.07) is 10.5. The molecule has 0 radical (unpaired) electrons. The van der Waals surface area contributed by atoms with E-state index in [4.69, 9.17) is 5.11 Å². The fourth-order valence-corrected chi connectivity index (χ4v) is 2.61. The highest BCUT2D eigenvalue weighted by Crippen LogP contribution is 2.17. The molecule has 3 aromatic rings. The number of carbonyl (C=O) groups is 2. The summed E-state index contributed by atoms with van der Waals surface area (Å²) in [5, 5.41) is 19.1. The van der Waals surface area contributed by atoms with Crippen molar-refractivity contribution in [3.63, 3.8) is 0 Å². The van der Waals surface area contributed by atoms with Gasteiger partial charge >= 0.3 is 5.97 Å². The van der Waals surface area contributed by atoms with E-state index in [1.54, 1.807) is 41.2 Å². The molecule has 7 nitrogen and oxygen atoms in total. The second-order valence-corrected chi connectivity index (χ2v) is 5.57. The van der Waals surface area contributed by atoms with E-state index in [-0.39, 0.29) is 5.56 Å². The topological polar surface area (TPSA) is 109 Å². The van der Waals surface area contributed by atoms with Crippen LogP contribution in [-0.4, -0.2) is 31.5 Å². The number of fused-ring (bicyclic) bond motifs is 1. The second kappa shape index (κ2) is 7.02. The molecule has 7 heteroatoms. The van der Waals surface area contributed by atoms with Crippen LogP contribution in [0.25, 0.3) is 16.7 Å². The van der Waals surface area contributed by atoms with Gasteiger partial charge in [0.1, 0.15) is 5.76 Å². The summed E-state index contributed by atoms with van der Waals surface area (Å²) in [7, 11) is 0. The van der Waals surface area contributed by atoms with Gasteiger partial charge in [0.2, 0.25) is 0 Å². The van der Waals surface area contributed by atoms with E-state index >= 15 is 0 Å². The number of pyridine rings is 2. The van der Waals surface area contributed by atoms with Gasteiger partial charge in [-0.25, -0.2) is 4.79 Å². The number of nitrogens with zero attached hydrogens (tertiary/aromatic N) is 2. The zero-order valence-electron chi connectivity index (χ0n) is 13.5. The van der Waals surface area contributed by atoms with Crippen molar-refractivity contribution in [3.8, 4) is 0 Å². The molecule has 0 saturated heterocycles. The Morgan fingerprint density at radius 1 is 1.08 bits per heavy atom. The summed E-state index contributed by atoms with van der Waals surface area (Å²) in [6.45, 7) is 0.399. The number of hydrogen-bond acceptors (Lipinski definition) is 5. The smallest absolute Gasteiger partial charge is 0.376 e. The molecule has 0 aliphatic rings. The number of aliphatic carboxylic acids is 1. The van der Waals surface area contributed by atoms with Crippen LogP contribution in [-0.2, 0) is 16.1 Å². The molecule has 0 fully saturated rings. The van der Waals surface area contributed by atoms with E-state index in [1.807, 2.05) is 12.1 Å². The number of carboxylic acid groups (broad SMARTS) is 1. The van der Waals surface area contributed by atoms with Gasteiger partial charge in [0, 0.05) is 36.6 Å². The molecule has 2 aromatic heterocycles. The van der Waals surface area contributed by atoms with E-state index in [2.05, 4.69) is 4.98 Å². The molecule has 0 unspecified atom stereocenters. The molecule has 0 bridgehead atoms. The van der Waals surface area contributed by atoms with Gasteiger partial charge in [-0.15, -0.1) is 0 Å². The predicted molar refractivity (Wildman–Crippen MR) is 94.8 cm³/mol. The van der Waals surface area contributed by atoms with Crippen molar-refractivity contribution in [1.82, 2.24) is 9.55 Å². The fraction of sp³-hybridized carbons (Fsp3) is 0.0526. The zero-order chi connectivity index (χ0) is 18.7. The lowest BCUT2D eigenvalue weighted by atomic mass is 10.1. The van der Waals surface area contributed by atoms with Crippen molar-refractivity contribution in [1.29, 1.82) is 0 Å². The van der Waals surface area contributed by atoms with Crippen LogP contribution in [0.2, 0.25) is 0 Å². The summed E-state index contributed by atoms with van der Waals surface area (Å²) in [6.07, 6.45) is 5.23. The molecule has 0 spiro atoms. The first-order valence-electron chi connectivity index (χ1n) is 7.66. The lowest BCUT2D eigenvalue weighted by molar-refractivity contribution is -0.146. The molecule has 26 heavy (non-hydrogen) atoms. The van der Waals surface area contributed by atoms with Crippen LogP contribution in [0.3, 0.4) is 0 Å². The van der Waals surface area contributed by atoms with Gasteiger partial charge in [0.05, 0.1) is 11.1 Å². The van der Waals surface area contributed by atoms with Crippen LogP contribution in [0.15, 0.2) is 65.9 Å². The Balaban J connectivity index is 2.19. The van der Waals surface area contributed by atoms with Gasteiger partial charge < -0.3 is 14.8 Å². The minimum atomic E-state index is -1.71. The Hall–Kier alpha value is -3.74. The van der Waals surface area contributed by atoms with E-state index < -0.39 is 22.9 Å². The Bertz CT molecular complexity index is 1080. The molecule has 130 valence electrons. The molecule has 3 rings (SSSR count). The molecule has 0 aliphatic carbocycles. The maximum Gasteiger partial charge on any atom is 0.376 e. The standard InChI is InChI=1S/C19H14N2O5/c22-16(9-17(23)19(25)26)14-11-21(10-12-5-7-20-8-6-12)15-4-2-1-3-13(15)18(14)24/h1-9,11,22H,10H2,(H,25,26)/b16-9-. The van der Waals surface area contributed by atoms with Crippen molar-refractivity contribution in [2.45, 2.75) is 6.54 Å². The lowest BCUT2D eigenvalue weighted by Crippen LogP contribution is -2.16. The summed E-state index contributed by atoms with van der Waals surface area (Å²) >= 11 is 0. The maximum absolute atomic E-state index is 12.6. The average Bonchev–Trinajstić information content (AvgIpc) is 2.64. The molecular weight excluding hydrogens is 336 g/mol. The molecule has 0 amide bonds. The SMILES string of the molecule is O=C(O)C(=O)/C=C(\O)c1cn(Cc2ccncc2)c2ccccc2c1=O. The van der Waals surface area contributed by atoms with Crippen LogP contribution in [0.1, 0.15) is 11.1 Å². The second-order valence-electron chi connectivity index (χ2n) is 5.57. The first-order chi connectivity index (χ1) is 12.5. The number of aliphatic hydroxyl groups excluding tert-OH is 1. The fourth-order valence-electron chi connectivity index (χ4n) is 2.61. The lowest BCUT2D eigenvalue weighted by Gasteiger charge is -2.13. The highest BCUT2D eigenvalue weighted by Gasteiger charge is 2.15. The number of aliphatic hydroxyl groups is 1. The number of para-hydroxylation sites is 1. The van der Waals surface area contributed by atoms with Crippen LogP contribution >= 0.6 is 0 Å². The van der Waals surface area contributed by atoms with Crippen LogP contribution in [0.4, 0.5) is 0 Å². The average molecular weight is 350 g/mol. The van der Waals surface area contributed by atoms with Gasteiger partial charge in [-0.2, -0.15) is 0 Å². The van der Waals surface area contributed by atoms with E-state index in [0.717, 1.165) is 5.56 Å². The van der Waals surface area contributed by atoms with Crippen molar-refractivity contribution in [3.05, 3.63) is 82.4 Å². The summed E-state index contributed by atoms with van der Waals surface area (Å²) in [5.41, 5.74) is 0.936. The number of rotatable bonds is 5. The van der Waals surface area contributed by atoms with Crippen LogP contribution < -0.4 is 5.43 Å². The Morgan fingerprint density at radius 3 is 2.46 bits per heavy atom. The van der Waals surface area contributed by atoms with E-state index in [1.165, 1.54) is 6.20 Å². The minimum absolute atomic E-state index is 0.146. The quantitative estimate of drug-likeness (QED) is 0.414. The highest BCUT2D eigenvalue weighted by atomic mass is 16.4. The molecule has 1 aromatic carbocycles. The molecule has 2 N–H and O–H groups in total. The number of carbonyl (C=O) groups excluding carboxylic acids is 1. The molecule has 2 heterocycles. The van der Waals surface area contributed by atoms with Crippen LogP contribution in [0, 0.1) is 0 Å². The number of benzene rings is 1. The van der Waals surface area contributed by atoms with E-state index in [0.29, 0.717) is 23.5 Å². The number of ketones is 1. The molecular formula is C19H14N2O5. The van der Waals surface area contributed by atoms with Crippen molar-refractivity contribution < 1.29 is 19.8 Å². The monoisotopic (exact) mass is 350 g/mol. The normalized spacial score (nSPS) is 11.5. The molecule has 0 saturated carbocycles. The molecule has 0 atom stereocenters. The Morgan fingerprint density at radius 2 is 1.77 bits per heavy atom. The number of carboxylic acids is 1. The summed E-state index contributed by atoms with van der Waals surface area (Å²) < 4.78 is 1.75. The van der Waals surface area contributed by atoms with Crippen LogP contribution in [0.5, 0.6) is 0 Å². The third-order valence-electron chi connectivity index (χ3n) is 3.84. The summed E-state index contributed by atoms with van der Waals surface area (Å²) in [4.78, 5) is 38.6. The van der Waals surface area contributed by atoms with E-state index in [9.17, 15) is 19.5 Å². The van der Waals surface area contributed by atoms with Crippen molar-refractivity contribution in [2.75, 3.05) is 0 Å². The summed E-state index contributed by atoms with van der Waals surface area (Å²) in [5.74, 6) is -3.71. The first kappa shape index (κ1) is 17.1. The Labute approximate surface area is 147 Å². The predicted octanol–water partition coefficient (Wildman–Crippen LogP) is 2.00. The largest absolute Gasteiger partial charge is 0.507 e. The van der Waals surface area contributed by atoms with Crippen molar-refractivity contribution in [2.24, 2.45) is 0 Å². The minimum Gasteiger partial charge on any atom is -0.507 e. The third kappa shape index (κ3) is 3.36. The highest BCUT2D eigenvalue weighted by molar-refractivity contribution is 6.38.